The Labute approximate surface area is 125 Å². The number of benzene rings is 1. The van der Waals surface area contributed by atoms with Crippen molar-refractivity contribution in [3.8, 4) is 0 Å². The van der Waals surface area contributed by atoms with Crippen molar-refractivity contribution in [3.05, 3.63) is 59.7 Å². The fourth-order valence-electron chi connectivity index (χ4n) is 2.29. The smallest absolute Gasteiger partial charge is 0.141 e. The summed E-state index contributed by atoms with van der Waals surface area (Å²) in [5.74, 6) is -0.306. The van der Waals surface area contributed by atoms with Gasteiger partial charge in [-0.1, -0.05) is 19.1 Å². The van der Waals surface area contributed by atoms with Gasteiger partial charge in [0.15, 0.2) is 0 Å². The van der Waals surface area contributed by atoms with Crippen LogP contribution in [0, 0.1) is 5.82 Å². The van der Waals surface area contributed by atoms with Gasteiger partial charge in [0.05, 0.1) is 12.2 Å². The topological polar surface area (TPSA) is 28.2 Å². The van der Waals surface area contributed by atoms with Crippen molar-refractivity contribution in [1.29, 1.82) is 0 Å². The molecule has 1 unspecified atom stereocenters. The number of nitrogens with zero attached hydrogens (tertiary/aromatic N) is 2. The third-order valence-electron chi connectivity index (χ3n) is 3.38. The van der Waals surface area contributed by atoms with Gasteiger partial charge in [0.25, 0.3) is 0 Å². The number of hydrogen-bond donors (Lipinski definition) is 1. The summed E-state index contributed by atoms with van der Waals surface area (Å²) in [5, 5.41) is 3.47. The van der Waals surface area contributed by atoms with Crippen LogP contribution in [0.1, 0.15) is 30.5 Å². The number of pyridine rings is 1. The SMILES string of the molecule is CCCNC(c1cncc(F)c1)c1cccc(N(C)C)c1. The Bertz CT molecular complexity index is 584. The van der Waals surface area contributed by atoms with Crippen LogP contribution in [0.2, 0.25) is 0 Å². The van der Waals surface area contributed by atoms with Gasteiger partial charge in [-0.15, -0.1) is 0 Å². The van der Waals surface area contributed by atoms with Crippen LogP contribution in [0.5, 0.6) is 0 Å². The molecule has 3 nitrogen and oxygen atoms in total. The molecule has 1 heterocycles. The fraction of sp³-hybridized carbons (Fsp3) is 0.353. The minimum absolute atomic E-state index is 0.0481. The molecule has 0 spiro atoms. The first-order chi connectivity index (χ1) is 10.1. The molecule has 0 aliphatic heterocycles. The van der Waals surface area contributed by atoms with Crippen LogP contribution < -0.4 is 10.2 Å². The summed E-state index contributed by atoms with van der Waals surface area (Å²) in [6, 6.07) is 9.77. The zero-order valence-electron chi connectivity index (χ0n) is 12.8. The first-order valence-electron chi connectivity index (χ1n) is 7.23. The van der Waals surface area contributed by atoms with Crippen LogP contribution in [0.25, 0.3) is 0 Å². The van der Waals surface area contributed by atoms with Crippen molar-refractivity contribution >= 4 is 5.69 Å². The first-order valence-corrected chi connectivity index (χ1v) is 7.23. The standard InChI is InChI=1S/C17H22FN3/c1-4-8-20-17(14-9-15(18)12-19-11-14)13-6-5-7-16(10-13)21(2)3/h5-7,9-12,17,20H,4,8H2,1-3H3. The zero-order chi connectivity index (χ0) is 15.2. The van der Waals surface area contributed by atoms with Crippen LogP contribution >= 0.6 is 0 Å². The normalized spacial score (nSPS) is 12.2. The van der Waals surface area contributed by atoms with Gasteiger partial charge in [-0.05, 0) is 42.3 Å². The van der Waals surface area contributed by atoms with Crippen molar-refractivity contribution in [2.75, 3.05) is 25.5 Å². The van der Waals surface area contributed by atoms with Gasteiger partial charge >= 0.3 is 0 Å². The highest BCUT2D eigenvalue weighted by atomic mass is 19.1. The van der Waals surface area contributed by atoms with E-state index < -0.39 is 0 Å². The Hall–Kier alpha value is -1.94. The van der Waals surface area contributed by atoms with Crippen molar-refractivity contribution in [2.45, 2.75) is 19.4 Å². The highest BCUT2D eigenvalue weighted by Gasteiger charge is 2.15. The molecule has 1 aromatic carbocycles. The van der Waals surface area contributed by atoms with E-state index in [2.05, 4.69) is 40.3 Å². The molecule has 0 fully saturated rings. The van der Waals surface area contributed by atoms with Gasteiger partial charge < -0.3 is 10.2 Å². The molecular weight excluding hydrogens is 265 g/mol. The molecule has 0 amide bonds. The van der Waals surface area contributed by atoms with Crippen LogP contribution in [-0.4, -0.2) is 25.6 Å². The number of rotatable bonds is 6. The summed E-state index contributed by atoms with van der Waals surface area (Å²) in [7, 11) is 4.02. The summed E-state index contributed by atoms with van der Waals surface area (Å²) < 4.78 is 13.5. The summed E-state index contributed by atoms with van der Waals surface area (Å²) in [4.78, 5) is 6.03. The van der Waals surface area contributed by atoms with E-state index in [0.717, 1.165) is 29.8 Å². The van der Waals surface area contributed by atoms with Gasteiger partial charge in [-0.25, -0.2) is 4.39 Å². The van der Waals surface area contributed by atoms with Gasteiger partial charge in [0, 0.05) is 26.0 Å². The van der Waals surface area contributed by atoms with E-state index in [1.165, 1.54) is 6.20 Å². The largest absolute Gasteiger partial charge is 0.378 e. The summed E-state index contributed by atoms with van der Waals surface area (Å²) >= 11 is 0. The van der Waals surface area contributed by atoms with Crippen LogP contribution in [-0.2, 0) is 0 Å². The molecule has 0 aliphatic carbocycles. The maximum Gasteiger partial charge on any atom is 0.141 e. The molecule has 1 aromatic heterocycles. The van der Waals surface area contributed by atoms with E-state index in [4.69, 9.17) is 0 Å². The van der Waals surface area contributed by atoms with E-state index in [9.17, 15) is 4.39 Å². The molecule has 0 radical (unpaired) electrons. The lowest BCUT2D eigenvalue weighted by Gasteiger charge is -2.21. The van der Waals surface area contributed by atoms with Gasteiger partial charge in [0.2, 0.25) is 0 Å². The monoisotopic (exact) mass is 287 g/mol. The molecule has 2 aromatic rings. The average molecular weight is 287 g/mol. The van der Waals surface area contributed by atoms with Crippen molar-refractivity contribution in [1.82, 2.24) is 10.3 Å². The van der Waals surface area contributed by atoms with Crippen molar-refractivity contribution in [2.24, 2.45) is 0 Å². The van der Waals surface area contributed by atoms with Crippen LogP contribution in [0.15, 0.2) is 42.7 Å². The van der Waals surface area contributed by atoms with Gasteiger partial charge in [-0.3, -0.25) is 4.98 Å². The molecule has 0 saturated heterocycles. The maximum atomic E-state index is 13.5. The van der Waals surface area contributed by atoms with Gasteiger partial charge in [0.1, 0.15) is 5.82 Å². The summed E-state index contributed by atoms with van der Waals surface area (Å²) in [5.41, 5.74) is 3.08. The van der Waals surface area contributed by atoms with Crippen LogP contribution in [0.4, 0.5) is 10.1 Å². The number of anilines is 1. The minimum atomic E-state index is -0.306. The van der Waals surface area contributed by atoms with E-state index in [1.54, 1.807) is 12.3 Å². The predicted octanol–water partition coefficient (Wildman–Crippen LogP) is 3.38. The van der Waals surface area contributed by atoms with E-state index in [0.29, 0.717) is 0 Å². The molecule has 112 valence electrons. The zero-order valence-corrected chi connectivity index (χ0v) is 12.8. The number of aromatic nitrogens is 1. The highest BCUT2D eigenvalue weighted by Crippen LogP contribution is 2.25. The quantitative estimate of drug-likeness (QED) is 0.883. The second-order valence-electron chi connectivity index (χ2n) is 5.31. The second kappa shape index (κ2) is 7.18. The van der Waals surface area contributed by atoms with E-state index in [1.807, 2.05) is 20.2 Å². The molecule has 1 N–H and O–H groups in total. The Kier molecular flexibility index (Phi) is 5.28. The summed E-state index contributed by atoms with van der Waals surface area (Å²) in [6.45, 7) is 2.98. The van der Waals surface area contributed by atoms with Crippen molar-refractivity contribution < 1.29 is 4.39 Å². The lowest BCUT2D eigenvalue weighted by Crippen LogP contribution is -2.23. The minimum Gasteiger partial charge on any atom is -0.378 e. The van der Waals surface area contributed by atoms with E-state index in [-0.39, 0.29) is 11.9 Å². The molecule has 21 heavy (non-hydrogen) atoms. The Balaban J connectivity index is 2.37. The van der Waals surface area contributed by atoms with Crippen LogP contribution in [0.3, 0.4) is 0 Å². The van der Waals surface area contributed by atoms with E-state index >= 15 is 0 Å². The lowest BCUT2D eigenvalue weighted by atomic mass is 9.99. The lowest BCUT2D eigenvalue weighted by molar-refractivity contribution is 0.580. The molecular formula is C17H22FN3. The molecule has 4 heteroatoms. The maximum absolute atomic E-state index is 13.5. The van der Waals surface area contributed by atoms with Gasteiger partial charge in [-0.2, -0.15) is 0 Å². The number of nitrogens with one attached hydrogen (secondary N) is 1. The highest BCUT2D eigenvalue weighted by molar-refractivity contribution is 5.49. The Morgan fingerprint density at radius 1 is 1.19 bits per heavy atom. The molecule has 0 saturated carbocycles. The molecule has 1 atom stereocenters. The second-order valence-corrected chi connectivity index (χ2v) is 5.31. The Morgan fingerprint density at radius 2 is 2.00 bits per heavy atom. The third-order valence-corrected chi connectivity index (χ3v) is 3.38. The third kappa shape index (κ3) is 4.02. The number of halogens is 1. The average Bonchev–Trinajstić information content (AvgIpc) is 2.48. The molecule has 0 aliphatic rings. The predicted molar refractivity (Wildman–Crippen MR) is 85.1 cm³/mol. The van der Waals surface area contributed by atoms with Crippen molar-refractivity contribution in [3.63, 3.8) is 0 Å². The molecule has 2 rings (SSSR count). The summed E-state index contributed by atoms with van der Waals surface area (Å²) in [6.07, 6.45) is 3.97. The fourth-order valence-corrected chi connectivity index (χ4v) is 2.29. The molecule has 0 bridgehead atoms. The first kappa shape index (κ1) is 15.4. The Morgan fingerprint density at radius 3 is 2.67 bits per heavy atom. The number of hydrogen-bond acceptors (Lipinski definition) is 3.